The predicted octanol–water partition coefficient (Wildman–Crippen LogP) is 4.59. The fourth-order valence-corrected chi connectivity index (χ4v) is 3.64. The fraction of sp³-hybridized carbons (Fsp3) is 0.238. The van der Waals surface area contributed by atoms with Gasteiger partial charge in [-0.2, -0.15) is 15.0 Å². The molecule has 156 valence electrons. The number of nitrogens with zero attached hydrogens (tertiary/aromatic N) is 3. The molecule has 1 amide bonds. The molecule has 3 aromatic rings. The first kappa shape index (κ1) is 21.9. The van der Waals surface area contributed by atoms with E-state index >= 15 is 0 Å². The molecule has 0 saturated carbocycles. The molecule has 0 bridgehead atoms. The van der Waals surface area contributed by atoms with E-state index in [9.17, 15) is 4.79 Å². The van der Waals surface area contributed by atoms with Crippen molar-refractivity contribution in [2.24, 2.45) is 0 Å². The highest BCUT2D eigenvalue weighted by molar-refractivity contribution is 7.99. The number of amides is 1. The van der Waals surface area contributed by atoms with E-state index in [0.29, 0.717) is 28.2 Å². The van der Waals surface area contributed by atoms with Crippen LogP contribution in [0.4, 0.5) is 23.3 Å². The Bertz CT molecular complexity index is 1050. The molecule has 2 aromatic carbocycles. The number of benzene rings is 2. The third-order valence-electron chi connectivity index (χ3n) is 4.35. The summed E-state index contributed by atoms with van der Waals surface area (Å²) in [5, 5.41) is 6.69. The van der Waals surface area contributed by atoms with Gasteiger partial charge in [0.2, 0.25) is 17.8 Å². The van der Waals surface area contributed by atoms with Gasteiger partial charge in [-0.3, -0.25) is 4.79 Å². The number of nitrogens with one attached hydrogen (secondary N) is 2. The van der Waals surface area contributed by atoms with Gasteiger partial charge >= 0.3 is 0 Å². The number of thioether (sulfide) groups is 1. The monoisotopic (exact) mass is 442 g/mol. The minimum absolute atomic E-state index is 0.123. The standard InChI is InChI=1S/C21H23ClN6OS/c1-3-14-7-4-5-9-17(14)25-21-27-18(26-20(23)28-21)11-30-12-19(29)24-16-10-6-8-15(22)13(16)2/h4-10H,3,11-12H2,1-2H3,(H,24,29)(H3,23,25,26,27,28). The number of hydrogen-bond acceptors (Lipinski definition) is 7. The van der Waals surface area contributed by atoms with E-state index in [1.54, 1.807) is 12.1 Å². The number of halogens is 1. The van der Waals surface area contributed by atoms with Crippen molar-refractivity contribution in [1.29, 1.82) is 0 Å². The highest BCUT2D eigenvalue weighted by Gasteiger charge is 2.10. The van der Waals surface area contributed by atoms with Gasteiger partial charge in [0, 0.05) is 16.4 Å². The number of aryl methyl sites for hydroxylation is 1. The normalized spacial score (nSPS) is 10.6. The van der Waals surface area contributed by atoms with Crippen LogP contribution in [0.5, 0.6) is 0 Å². The minimum Gasteiger partial charge on any atom is -0.368 e. The van der Waals surface area contributed by atoms with Crippen molar-refractivity contribution in [3.63, 3.8) is 0 Å². The maximum Gasteiger partial charge on any atom is 0.234 e. The van der Waals surface area contributed by atoms with Gasteiger partial charge in [-0.1, -0.05) is 42.8 Å². The third kappa shape index (κ3) is 5.84. The molecule has 0 unspecified atom stereocenters. The maximum absolute atomic E-state index is 12.2. The van der Waals surface area contributed by atoms with Crippen molar-refractivity contribution in [3.05, 3.63) is 64.4 Å². The second kappa shape index (κ2) is 10.3. The number of carbonyl (C=O) groups is 1. The summed E-state index contributed by atoms with van der Waals surface area (Å²) < 4.78 is 0. The van der Waals surface area contributed by atoms with E-state index in [2.05, 4.69) is 32.5 Å². The molecule has 4 N–H and O–H groups in total. The number of rotatable bonds is 8. The van der Waals surface area contributed by atoms with E-state index in [1.165, 1.54) is 11.8 Å². The van der Waals surface area contributed by atoms with Gasteiger partial charge in [-0.05, 0) is 42.7 Å². The lowest BCUT2D eigenvalue weighted by Gasteiger charge is -2.11. The lowest BCUT2D eigenvalue weighted by atomic mass is 10.1. The Kier molecular flexibility index (Phi) is 7.48. The molecule has 0 aliphatic rings. The number of nitrogen functional groups attached to an aromatic ring is 1. The predicted molar refractivity (Wildman–Crippen MR) is 124 cm³/mol. The Morgan fingerprint density at radius 2 is 1.87 bits per heavy atom. The average molecular weight is 443 g/mol. The van der Waals surface area contributed by atoms with Crippen LogP contribution in [0.2, 0.25) is 5.02 Å². The van der Waals surface area contributed by atoms with Gasteiger partial charge in [0.1, 0.15) is 5.82 Å². The van der Waals surface area contributed by atoms with Crippen LogP contribution in [0.3, 0.4) is 0 Å². The number of para-hydroxylation sites is 1. The van der Waals surface area contributed by atoms with Gasteiger partial charge in [0.25, 0.3) is 0 Å². The van der Waals surface area contributed by atoms with Crippen LogP contribution >= 0.6 is 23.4 Å². The van der Waals surface area contributed by atoms with Gasteiger partial charge in [0.05, 0.1) is 11.5 Å². The summed E-state index contributed by atoms with van der Waals surface area (Å²) in [4.78, 5) is 25.0. The van der Waals surface area contributed by atoms with Crippen LogP contribution in [-0.2, 0) is 17.0 Å². The van der Waals surface area contributed by atoms with Crippen molar-refractivity contribution in [2.45, 2.75) is 26.0 Å². The summed E-state index contributed by atoms with van der Waals surface area (Å²) in [7, 11) is 0. The fourth-order valence-electron chi connectivity index (χ4n) is 2.79. The summed E-state index contributed by atoms with van der Waals surface area (Å²) >= 11 is 7.49. The van der Waals surface area contributed by atoms with Crippen molar-refractivity contribution < 1.29 is 4.79 Å². The zero-order valence-corrected chi connectivity index (χ0v) is 18.3. The smallest absolute Gasteiger partial charge is 0.234 e. The maximum atomic E-state index is 12.2. The number of anilines is 4. The van der Waals surface area contributed by atoms with E-state index in [0.717, 1.165) is 23.2 Å². The highest BCUT2D eigenvalue weighted by atomic mass is 35.5. The molecular weight excluding hydrogens is 420 g/mol. The van der Waals surface area contributed by atoms with E-state index in [1.807, 2.05) is 37.3 Å². The Hall–Kier alpha value is -2.84. The molecule has 9 heteroatoms. The van der Waals surface area contributed by atoms with E-state index in [-0.39, 0.29) is 17.6 Å². The lowest BCUT2D eigenvalue weighted by molar-refractivity contribution is -0.113. The molecule has 7 nitrogen and oxygen atoms in total. The van der Waals surface area contributed by atoms with Crippen molar-refractivity contribution >= 4 is 52.5 Å². The Balaban J connectivity index is 1.59. The van der Waals surface area contributed by atoms with Crippen LogP contribution in [0, 0.1) is 6.92 Å². The molecule has 1 aromatic heterocycles. The third-order valence-corrected chi connectivity index (χ3v) is 5.69. The van der Waals surface area contributed by atoms with Crippen molar-refractivity contribution in [2.75, 3.05) is 22.1 Å². The second-order valence-electron chi connectivity index (χ2n) is 6.52. The number of hydrogen-bond donors (Lipinski definition) is 3. The van der Waals surface area contributed by atoms with E-state index < -0.39 is 0 Å². The summed E-state index contributed by atoms with van der Waals surface area (Å²) in [5.74, 6) is 1.59. The van der Waals surface area contributed by atoms with Crippen LogP contribution < -0.4 is 16.4 Å². The largest absolute Gasteiger partial charge is 0.368 e. The summed E-state index contributed by atoms with van der Waals surface area (Å²) in [6.07, 6.45) is 0.883. The SMILES string of the molecule is CCc1ccccc1Nc1nc(N)nc(CSCC(=O)Nc2cccc(Cl)c2C)n1. The summed E-state index contributed by atoms with van der Waals surface area (Å²) in [5.41, 5.74) is 9.47. The topological polar surface area (TPSA) is 106 Å². The van der Waals surface area contributed by atoms with Crippen LogP contribution in [0.25, 0.3) is 0 Å². The van der Waals surface area contributed by atoms with E-state index in [4.69, 9.17) is 17.3 Å². The molecule has 0 radical (unpaired) electrons. The summed E-state index contributed by atoms with van der Waals surface area (Å²) in [6.45, 7) is 3.95. The van der Waals surface area contributed by atoms with Crippen molar-refractivity contribution in [1.82, 2.24) is 15.0 Å². The molecule has 0 aliphatic carbocycles. The average Bonchev–Trinajstić information content (AvgIpc) is 2.71. The molecule has 0 aliphatic heterocycles. The second-order valence-corrected chi connectivity index (χ2v) is 7.92. The number of carbonyl (C=O) groups excluding carboxylic acids is 1. The molecule has 0 spiro atoms. The molecule has 0 saturated heterocycles. The lowest BCUT2D eigenvalue weighted by Crippen LogP contribution is -2.15. The molecule has 0 fully saturated rings. The van der Waals surface area contributed by atoms with Gasteiger partial charge in [-0.15, -0.1) is 11.8 Å². The molecule has 30 heavy (non-hydrogen) atoms. The Morgan fingerprint density at radius 3 is 2.67 bits per heavy atom. The molecular formula is C21H23ClN6OS. The number of aromatic nitrogens is 3. The Labute approximate surface area is 184 Å². The zero-order valence-electron chi connectivity index (χ0n) is 16.8. The first-order valence-corrected chi connectivity index (χ1v) is 11.0. The first-order valence-electron chi connectivity index (χ1n) is 9.44. The molecule has 1 heterocycles. The molecule has 3 rings (SSSR count). The highest BCUT2D eigenvalue weighted by Crippen LogP contribution is 2.23. The quantitative estimate of drug-likeness (QED) is 0.468. The van der Waals surface area contributed by atoms with Gasteiger partial charge in [-0.25, -0.2) is 0 Å². The number of nitrogens with two attached hydrogens (primary N) is 1. The minimum atomic E-state index is -0.123. The zero-order chi connectivity index (χ0) is 21.5. The van der Waals surface area contributed by atoms with Gasteiger partial charge < -0.3 is 16.4 Å². The summed E-state index contributed by atoms with van der Waals surface area (Å²) in [6, 6.07) is 13.4. The molecule has 0 atom stereocenters. The van der Waals surface area contributed by atoms with Crippen LogP contribution in [0.1, 0.15) is 23.9 Å². The van der Waals surface area contributed by atoms with Gasteiger partial charge in [0.15, 0.2) is 0 Å². The Morgan fingerprint density at radius 1 is 1.10 bits per heavy atom. The van der Waals surface area contributed by atoms with Crippen LogP contribution in [-0.4, -0.2) is 26.6 Å². The first-order chi connectivity index (χ1) is 14.5. The van der Waals surface area contributed by atoms with Crippen LogP contribution in [0.15, 0.2) is 42.5 Å². The van der Waals surface area contributed by atoms with Crippen molar-refractivity contribution in [3.8, 4) is 0 Å².